The molecular weight excluding hydrogens is 269 g/mol. The molecule has 0 saturated heterocycles. The van der Waals surface area contributed by atoms with Crippen molar-refractivity contribution in [3.05, 3.63) is 0 Å². The van der Waals surface area contributed by atoms with Crippen LogP contribution in [0.5, 0.6) is 0 Å². The fourth-order valence-electron chi connectivity index (χ4n) is 0.805. The molecule has 0 fully saturated rings. The van der Waals surface area contributed by atoms with Crippen LogP contribution in [0.15, 0.2) is 0 Å². The molecule has 70 valence electrons. The van der Waals surface area contributed by atoms with Crippen molar-refractivity contribution in [2.45, 2.75) is 25.7 Å². The van der Waals surface area contributed by atoms with Crippen molar-refractivity contribution >= 4 is 34.8 Å². The zero-order valence-corrected chi connectivity index (χ0v) is 9.17. The molecule has 0 saturated carbocycles. The molecule has 0 atom stereocenters. The molecule has 0 aliphatic heterocycles. The van der Waals surface area contributed by atoms with Gasteiger partial charge in [-0.3, -0.25) is 4.79 Å². The van der Waals surface area contributed by atoms with Gasteiger partial charge in [0.05, 0.1) is 4.43 Å². The number of rotatable bonds is 7. The van der Waals surface area contributed by atoms with E-state index in [4.69, 9.17) is 0 Å². The van der Waals surface area contributed by atoms with Crippen LogP contribution >= 0.6 is 22.6 Å². The van der Waals surface area contributed by atoms with Crippen molar-refractivity contribution in [2.75, 3.05) is 11.0 Å². The first-order valence-electron chi connectivity index (χ1n) is 4.07. The van der Waals surface area contributed by atoms with E-state index in [0.29, 0.717) is 10.8 Å². The van der Waals surface area contributed by atoms with Crippen molar-refractivity contribution < 1.29 is 9.59 Å². The highest BCUT2D eigenvalue weighted by Gasteiger charge is 1.95. The summed E-state index contributed by atoms with van der Waals surface area (Å²) in [5, 5.41) is 2.77. The largest absolute Gasteiger partial charge is 0.355 e. The van der Waals surface area contributed by atoms with Crippen LogP contribution in [0.1, 0.15) is 25.7 Å². The second-order valence-electron chi connectivity index (χ2n) is 2.50. The van der Waals surface area contributed by atoms with Gasteiger partial charge >= 0.3 is 0 Å². The third-order valence-electron chi connectivity index (χ3n) is 1.44. The van der Waals surface area contributed by atoms with Crippen LogP contribution in [-0.4, -0.2) is 23.2 Å². The van der Waals surface area contributed by atoms with Crippen molar-refractivity contribution in [1.82, 2.24) is 5.32 Å². The van der Waals surface area contributed by atoms with E-state index in [1.54, 1.807) is 0 Å². The molecule has 0 aromatic heterocycles. The Labute approximate surface area is 86.4 Å². The minimum atomic E-state index is 0.0889. The number of carbonyl (C=O) groups is 2. The Hall–Kier alpha value is -0.130. The SMILES string of the molecule is O=CCCCCCNC(=O)CI. The lowest BCUT2D eigenvalue weighted by Gasteiger charge is -2.01. The number of aldehydes is 1. The number of carbonyl (C=O) groups excluding carboxylic acids is 2. The van der Waals surface area contributed by atoms with Gasteiger partial charge in [0, 0.05) is 13.0 Å². The first kappa shape index (κ1) is 11.9. The quantitative estimate of drug-likeness (QED) is 0.331. The maximum Gasteiger partial charge on any atom is 0.229 e. The Kier molecular flexibility index (Phi) is 8.86. The lowest BCUT2D eigenvalue weighted by atomic mass is 10.2. The van der Waals surface area contributed by atoms with Crippen molar-refractivity contribution in [1.29, 1.82) is 0 Å². The second kappa shape index (κ2) is 8.96. The first-order chi connectivity index (χ1) is 5.81. The Morgan fingerprint density at radius 2 is 2.08 bits per heavy atom. The lowest BCUT2D eigenvalue weighted by molar-refractivity contribution is -0.118. The van der Waals surface area contributed by atoms with Gasteiger partial charge in [0.25, 0.3) is 0 Å². The fourth-order valence-corrected chi connectivity index (χ4v) is 1.07. The number of nitrogens with one attached hydrogen (secondary N) is 1. The molecule has 0 aromatic rings. The summed E-state index contributed by atoms with van der Waals surface area (Å²) in [5.41, 5.74) is 0. The van der Waals surface area contributed by atoms with Crippen LogP contribution in [0, 0.1) is 0 Å². The summed E-state index contributed by atoms with van der Waals surface area (Å²) < 4.78 is 0.520. The molecule has 3 nitrogen and oxygen atoms in total. The molecule has 0 bridgehead atoms. The van der Waals surface area contributed by atoms with Crippen LogP contribution in [-0.2, 0) is 9.59 Å². The third kappa shape index (κ3) is 7.97. The van der Waals surface area contributed by atoms with Gasteiger partial charge in [-0.15, -0.1) is 0 Å². The number of hydrogen-bond donors (Lipinski definition) is 1. The van der Waals surface area contributed by atoms with Crippen molar-refractivity contribution in [3.8, 4) is 0 Å². The molecule has 0 spiro atoms. The number of unbranched alkanes of at least 4 members (excludes halogenated alkanes) is 3. The van der Waals surface area contributed by atoms with E-state index in [0.717, 1.165) is 32.1 Å². The van der Waals surface area contributed by atoms with Gasteiger partial charge in [0.2, 0.25) is 5.91 Å². The van der Waals surface area contributed by atoms with E-state index in [1.807, 2.05) is 22.6 Å². The van der Waals surface area contributed by atoms with Gasteiger partial charge in [-0.1, -0.05) is 29.0 Å². The number of halogens is 1. The van der Waals surface area contributed by atoms with Gasteiger partial charge in [0.1, 0.15) is 6.29 Å². The minimum Gasteiger partial charge on any atom is -0.355 e. The van der Waals surface area contributed by atoms with E-state index < -0.39 is 0 Å². The summed E-state index contributed by atoms with van der Waals surface area (Å²) in [5.74, 6) is 0.0889. The fraction of sp³-hybridized carbons (Fsp3) is 0.750. The Morgan fingerprint density at radius 1 is 1.33 bits per heavy atom. The maximum absolute atomic E-state index is 10.7. The van der Waals surface area contributed by atoms with E-state index in [2.05, 4.69) is 5.32 Å². The highest BCUT2D eigenvalue weighted by molar-refractivity contribution is 14.1. The average molecular weight is 283 g/mol. The topological polar surface area (TPSA) is 46.2 Å². The second-order valence-corrected chi connectivity index (χ2v) is 3.26. The normalized spacial score (nSPS) is 9.42. The zero-order chi connectivity index (χ0) is 9.23. The van der Waals surface area contributed by atoms with Crippen molar-refractivity contribution in [3.63, 3.8) is 0 Å². The summed E-state index contributed by atoms with van der Waals surface area (Å²) in [6.07, 6.45) is 4.49. The van der Waals surface area contributed by atoms with Crippen LogP contribution in [0.4, 0.5) is 0 Å². The van der Waals surface area contributed by atoms with Gasteiger partial charge in [-0.2, -0.15) is 0 Å². The van der Waals surface area contributed by atoms with E-state index in [-0.39, 0.29) is 5.91 Å². The van der Waals surface area contributed by atoms with E-state index in [9.17, 15) is 9.59 Å². The lowest BCUT2D eigenvalue weighted by Crippen LogP contribution is -2.25. The molecule has 12 heavy (non-hydrogen) atoms. The summed E-state index contributed by atoms with van der Waals surface area (Å²) >= 11 is 2.03. The molecular formula is C8H14INO2. The summed E-state index contributed by atoms with van der Waals surface area (Å²) in [6.45, 7) is 0.737. The zero-order valence-electron chi connectivity index (χ0n) is 7.01. The Morgan fingerprint density at radius 3 is 2.67 bits per heavy atom. The molecule has 0 aliphatic rings. The highest BCUT2D eigenvalue weighted by atomic mass is 127. The first-order valence-corrected chi connectivity index (χ1v) is 5.60. The van der Waals surface area contributed by atoms with Gasteiger partial charge in [-0.25, -0.2) is 0 Å². The number of amides is 1. The van der Waals surface area contributed by atoms with Crippen LogP contribution in [0.2, 0.25) is 0 Å². The Balaban J connectivity index is 3.00. The Bertz CT molecular complexity index is 139. The highest BCUT2D eigenvalue weighted by Crippen LogP contribution is 1.96. The van der Waals surface area contributed by atoms with Crippen LogP contribution in [0.3, 0.4) is 0 Å². The van der Waals surface area contributed by atoms with E-state index >= 15 is 0 Å². The van der Waals surface area contributed by atoms with Crippen LogP contribution < -0.4 is 5.32 Å². The smallest absolute Gasteiger partial charge is 0.229 e. The monoisotopic (exact) mass is 283 g/mol. The maximum atomic E-state index is 10.7. The standard InChI is InChI=1S/C8H14INO2/c9-7-8(12)10-5-3-1-2-4-6-11/h6H,1-5,7H2,(H,10,12). The molecule has 0 aliphatic carbocycles. The minimum absolute atomic E-state index is 0.0889. The molecule has 0 aromatic carbocycles. The molecule has 4 heteroatoms. The van der Waals surface area contributed by atoms with E-state index in [1.165, 1.54) is 0 Å². The predicted octanol–water partition coefficient (Wildman–Crippen LogP) is 1.30. The van der Waals surface area contributed by atoms with Crippen LogP contribution in [0.25, 0.3) is 0 Å². The number of hydrogen-bond acceptors (Lipinski definition) is 2. The van der Waals surface area contributed by atoms with Gasteiger partial charge in [0.15, 0.2) is 0 Å². The van der Waals surface area contributed by atoms with Gasteiger partial charge in [-0.05, 0) is 12.8 Å². The average Bonchev–Trinajstić information content (AvgIpc) is 2.10. The van der Waals surface area contributed by atoms with Gasteiger partial charge < -0.3 is 10.1 Å². The summed E-state index contributed by atoms with van der Waals surface area (Å²) in [4.78, 5) is 20.6. The predicted molar refractivity (Wildman–Crippen MR) is 56.4 cm³/mol. The molecule has 0 rings (SSSR count). The summed E-state index contributed by atoms with van der Waals surface area (Å²) in [6, 6.07) is 0. The third-order valence-corrected chi connectivity index (χ3v) is 2.14. The molecule has 0 heterocycles. The summed E-state index contributed by atoms with van der Waals surface area (Å²) in [7, 11) is 0. The van der Waals surface area contributed by atoms with Crippen molar-refractivity contribution in [2.24, 2.45) is 0 Å². The molecule has 1 N–H and O–H groups in total. The molecule has 0 unspecified atom stereocenters. The molecule has 1 amide bonds. The number of alkyl halides is 1. The molecule has 0 radical (unpaired) electrons.